The van der Waals surface area contributed by atoms with E-state index in [2.05, 4.69) is 4.98 Å². The van der Waals surface area contributed by atoms with E-state index in [1.807, 2.05) is 0 Å². The fourth-order valence-corrected chi connectivity index (χ4v) is 1.78. The molecule has 0 fully saturated rings. The summed E-state index contributed by atoms with van der Waals surface area (Å²) in [4.78, 5) is 15.0. The molecule has 0 aliphatic heterocycles. The lowest BCUT2D eigenvalue weighted by Crippen LogP contribution is -1.99. The number of thiazole rings is 1. The maximum atomic E-state index is 10.3. The fraction of sp³-hybridized carbons (Fsp3) is 0.429. The van der Waals surface area contributed by atoms with E-state index in [9.17, 15) is 4.79 Å². The smallest absolute Gasteiger partial charge is 0.308 e. The van der Waals surface area contributed by atoms with Gasteiger partial charge >= 0.3 is 5.97 Å². The predicted molar refractivity (Wildman–Crippen MR) is 44.1 cm³/mol. The van der Waals surface area contributed by atoms with Crippen LogP contribution >= 0.6 is 11.3 Å². The molecular weight excluding hydrogens is 178 g/mol. The van der Waals surface area contributed by atoms with Gasteiger partial charge in [0.15, 0.2) is 0 Å². The Morgan fingerprint density at radius 3 is 2.75 bits per heavy atom. The van der Waals surface area contributed by atoms with E-state index in [-0.39, 0.29) is 13.0 Å². The number of carboxylic acid groups (broad SMARTS) is 1. The summed E-state index contributed by atoms with van der Waals surface area (Å²) in [6, 6.07) is 0. The van der Waals surface area contributed by atoms with Gasteiger partial charge in [-0.25, -0.2) is 4.98 Å². The average Bonchev–Trinajstić information content (AvgIpc) is 2.31. The maximum absolute atomic E-state index is 10.3. The van der Waals surface area contributed by atoms with Crippen LogP contribution in [0.1, 0.15) is 15.6 Å². The zero-order chi connectivity index (χ0) is 9.14. The summed E-state index contributed by atoms with van der Waals surface area (Å²) in [7, 11) is 0. The van der Waals surface area contributed by atoms with Gasteiger partial charge in [-0.2, -0.15) is 0 Å². The van der Waals surface area contributed by atoms with E-state index in [4.69, 9.17) is 10.2 Å². The molecule has 2 N–H and O–H groups in total. The van der Waals surface area contributed by atoms with Crippen LogP contribution in [0, 0.1) is 6.92 Å². The van der Waals surface area contributed by atoms with Crippen LogP contribution in [-0.4, -0.2) is 21.2 Å². The highest BCUT2D eigenvalue weighted by atomic mass is 32.1. The third kappa shape index (κ3) is 2.02. The molecule has 0 saturated heterocycles. The zero-order valence-electron chi connectivity index (χ0n) is 6.57. The molecule has 1 rings (SSSR count). The van der Waals surface area contributed by atoms with Crippen LogP contribution < -0.4 is 0 Å². The van der Waals surface area contributed by atoms with Crippen LogP contribution in [0.25, 0.3) is 0 Å². The molecule has 1 aromatic rings. The van der Waals surface area contributed by atoms with Crippen molar-refractivity contribution in [3.05, 3.63) is 15.6 Å². The SMILES string of the molecule is Cc1nc(CO)sc1CC(=O)O. The van der Waals surface area contributed by atoms with Gasteiger partial charge in [-0.3, -0.25) is 4.79 Å². The minimum absolute atomic E-state index is 0.0104. The minimum Gasteiger partial charge on any atom is -0.481 e. The number of hydrogen-bond acceptors (Lipinski definition) is 4. The lowest BCUT2D eigenvalue weighted by molar-refractivity contribution is -0.136. The summed E-state index contributed by atoms with van der Waals surface area (Å²) in [6.07, 6.45) is -0.0104. The minimum atomic E-state index is -0.869. The monoisotopic (exact) mass is 187 g/mol. The van der Waals surface area contributed by atoms with Crippen molar-refractivity contribution in [3.8, 4) is 0 Å². The molecule has 1 heterocycles. The number of aryl methyl sites for hydroxylation is 1. The van der Waals surface area contributed by atoms with Crippen LogP contribution in [0.3, 0.4) is 0 Å². The Balaban J connectivity index is 2.84. The van der Waals surface area contributed by atoms with Crippen molar-refractivity contribution in [3.63, 3.8) is 0 Å². The van der Waals surface area contributed by atoms with Gasteiger partial charge in [-0.05, 0) is 6.92 Å². The van der Waals surface area contributed by atoms with Crippen LogP contribution in [-0.2, 0) is 17.8 Å². The van der Waals surface area contributed by atoms with E-state index in [1.165, 1.54) is 11.3 Å². The van der Waals surface area contributed by atoms with Crippen molar-refractivity contribution in [2.45, 2.75) is 20.0 Å². The van der Waals surface area contributed by atoms with E-state index >= 15 is 0 Å². The first-order valence-electron chi connectivity index (χ1n) is 3.41. The van der Waals surface area contributed by atoms with E-state index in [0.717, 1.165) is 0 Å². The molecule has 0 amide bonds. The third-order valence-corrected chi connectivity index (χ3v) is 2.53. The van der Waals surface area contributed by atoms with Crippen molar-refractivity contribution in [2.75, 3.05) is 0 Å². The highest BCUT2D eigenvalue weighted by Crippen LogP contribution is 2.18. The number of nitrogens with zero attached hydrogens (tertiary/aromatic N) is 1. The van der Waals surface area contributed by atoms with Gasteiger partial charge in [-0.15, -0.1) is 11.3 Å². The molecular formula is C7H9NO3S. The lowest BCUT2D eigenvalue weighted by atomic mass is 10.3. The summed E-state index contributed by atoms with van der Waals surface area (Å²) in [5.41, 5.74) is 0.700. The van der Waals surface area contributed by atoms with Crippen LogP contribution in [0.15, 0.2) is 0 Å². The molecule has 0 unspecified atom stereocenters. The summed E-state index contributed by atoms with van der Waals surface area (Å²) < 4.78 is 0. The van der Waals surface area contributed by atoms with Gasteiger partial charge in [0.2, 0.25) is 0 Å². The molecule has 0 radical (unpaired) electrons. The molecule has 12 heavy (non-hydrogen) atoms. The number of rotatable bonds is 3. The molecule has 0 saturated carbocycles. The van der Waals surface area contributed by atoms with Gasteiger partial charge in [-0.1, -0.05) is 0 Å². The summed E-state index contributed by atoms with van der Waals surface area (Å²) in [5, 5.41) is 17.8. The van der Waals surface area contributed by atoms with Crippen LogP contribution in [0.4, 0.5) is 0 Å². The van der Waals surface area contributed by atoms with Gasteiger partial charge in [0.1, 0.15) is 5.01 Å². The Labute approximate surface area is 73.5 Å². The number of aromatic nitrogens is 1. The Hall–Kier alpha value is -0.940. The second-order valence-electron chi connectivity index (χ2n) is 2.34. The highest BCUT2D eigenvalue weighted by molar-refractivity contribution is 7.11. The number of aliphatic carboxylic acids is 1. The van der Waals surface area contributed by atoms with Gasteiger partial charge < -0.3 is 10.2 Å². The fourth-order valence-electron chi connectivity index (χ4n) is 0.857. The Kier molecular flexibility index (Phi) is 2.78. The first kappa shape index (κ1) is 9.15. The quantitative estimate of drug-likeness (QED) is 0.725. The maximum Gasteiger partial charge on any atom is 0.308 e. The molecule has 1 aromatic heterocycles. The van der Waals surface area contributed by atoms with E-state index < -0.39 is 5.97 Å². The first-order valence-corrected chi connectivity index (χ1v) is 4.23. The van der Waals surface area contributed by atoms with Crippen LogP contribution in [0.2, 0.25) is 0 Å². The predicted octanol–water partition coefficient (Wildman–Crippen LogP) is 0.571. The van der Waals surface area contributed by atoms with Crippen molar-refractivity contribution >= 4 is 17.3 Å². The van der Waals surface area contributed by atoms with Gasteiger partial charge in [0, 0.05) is 4.88 Å². The highest BCUT2D eigenvalue weighted by Gasteiger charge is 2.09. The Morgan fingerprint density at radius 2 is 2.33 bits per heavy atom. The normalized spacial score (nSPS) is 10.2. The van der Waals surface area contributed by atoms with Crippen molar-refractivity contribution < 1.29 is 15.0 Å². The van der Waals surface area contributed by atoms with E-state index in [1.54, 1.807) is 6.92 Å². The molecule has 0 aromatic carbocycles. The molecule has 0 aliphatic carbocycles. The van der Waals surface area contributed by atoms with Gasteiger partial charge in [0.25, 0.3) is 0 Å². The first-order chi connectivity index (χ1) is 5.63. The molecule has 0 aliphatic rings. The molecule has 4 nitrogen and oxygen atoms in total. The number of hydrogen-bond donors (Lipinski definition) is 2. The number of carboxylic acids is 1. The van der Waals surface area contributed by atoms with Gasteiger partial charge in [0.05, 0.1) is 18.7 Å². The summed E-state index contributed by atoms with van der Waals surface area (Å²) in [6.45, 7) is 1.62. The average molecular weight is 187 g/mol. The lowest BCUT2D eigenvalue weighted by Gasteiger charge is -1.89. The molecule has 66 valence electrons. The number of aliphatic hydroxyl groups excluding tert-OH is 1. The molecule has 0 bridgehead atoms. The largest absolute Gasteiger partial charge is 0.481 e. The number of carbonyl (C=O) groups is 1. The molecule has 0 spiro atoms. The second-order valence-corrected chi connectivity index (χ2v) is 3.51. The third-order valence-electron chi connectivity index (χ3n) is 1.38. The second kappa shape index (κ2) is 3.64. The Bertz CT molecular complexity index is 295. The van der Waals surface area contributed by atoms with Crippen molar-refractivity contribution in [2.24, 2.45) is 0 Å². The number of aliphatic hydroxyl groups is 1. The molecule has 5 heteroatoms. The summed E-state index contributed by atoms with van der Waals surface area (Å²) >= 11 is 1.25. The molecule has 0 atom stereocenters. The Morgan fingerprint density at radius 1 is 1.67 bits per heavy atom. The topological polar surface area (TPSA) is 70.4 Å². The van der Waals surface area contributed by atoms with Crippen LogP contribution in [0.5, 0.6) is 0 Å². The standard InChI is InChI=1S/C7H9NO3S/c1-4-5(2-7(10)11)12-6(3-9)8-4/h9H,2-3H2,1H3,(H,10,11). The van der Waals surface area contributed by atoms with Crippen molar-refractivity contribution in [1.82, 2.24) is 4.98 Å². The van der Waals surface area contributed by atoms with Crippen molar-refractivity contribution in [1.29, 1.82) is 0 Å². The summed E-state index contributed by atoms with van der Waals surface area (Å²) in [5.74, 6) is -0.869. The van der Waals surface area contributed by atoms with E-state index in [0.29, 0.717) is 15.6 Å². The zero-order valence-corrected chi connectivity index (χ0v) is 7.39.